The number of carbonyl (C=O) groups is 1. The number of rotatable bonds is 3. The molecule has 0 aliphatic rings. The monoisotopic (exact) mass is 393 g/mol. The quantitative estimate of drug-likeness (QED) is 0.417. The Morgan fingerprint density at radius 2 is 1.57 bits per heavy atom. The second-order valence-corrected chi connectivity index (χ2v) is 7.40. The van der Waals surface area contributed by atoms with Gasteiger partial charge in [-0.3, -0.25) is 14.2 Å². The average molecular weight is 393 g/mol. The van der Waals surface area contributed by atoms with Gasteiger partial charge in [-0.2, -0.15) is 5.10 Å². The highest BCUT2D eigenvalue weighted by molar-refractivity contribution is 5.95. The van der Waals surface area contributed by atoms with Crippen molar-refractivity contribution in [1.29, 1.82) is 0 Å². The Morgan fingerprint density at radius 1 is 0.833 bits per heavy atom. The summed E-state index contributed by atoms with van der Waals surface area (Å²) in [6, 6.07) is 25.1. The second-order valence-electron chi connectivity index (χ2n) is 7.40. The van der Waals surface area contributed by atoms with Gasteiger partial charge in [0.1, 0.15) is 5.65 Å². The first kappa shape index (κ1) is 18.1. The third kappa shape index (κ3) is 2.83. The summed E-state index contributed by atoms with van der Waals surface area (Å²) >= 11 is 0. The highest BCUT2D eigenvalue weighted by Crippen LogP contribution is 2.26. The molecule has 0 aliphatic heterocycles. The number of Topliss-reactive ketones (excluding diaryl/α,β-unsaturated/α-hetero) is 1. The lowest BCUT2D eigenvalue weighted by molar-refractivity contribution is 0.101. The Labute approximate surface area is 172 Å². The van der Waals surface area contributed by atoms with Gasteiger partial charge in [-0.15, -0.1) is 0 Å². The number of aryl methyl sites for hydroxylation is 1. The van der Waals surface area contributed by atoms with E-state index in [4.69, 9.17) is 5.10 Å². The smallest absolute Gasteiger partial charge is 0.261 e. The summed E-state index contributed by atoms with van der Waals surface area (Å²) in [6.45, 7) is 1.56. The zero-order chi connectivity index (χ0) is 20.8. The molecule has 146 valence electrons. The van der Waals surface area contributed by atoms with Crippen LogP contribution >= 0.6 is 0 Å². The van der Waals surface area contributed by atoms with Gasteiger partial charge in [-0.25, -0.2) is 4.52 Å². The number of nitrogens with zero attached hydrogens (tertiary/aromatic N) is 3. The van der Waals surface area contributed by atoms with Crippen LogP contribution in [0.2, 0.25) is 0 Å². The van der Waals surface area contributed by atoms with E-state index in [2.05, 4.69) is 0 Å². The van der Waals surface area contributed by atoms with Crippen molar-refractivity contribution in [2.45, 2.75) is 6.92 Å². The van der Waals surface area contributed by atoms with Crippen LogP contribution in [-0.2, 0) is 7.05 Å². The summed E-state index contributed by atoms with van der Waals surface area (Å²) < 4.78 is 3.44. The van der Waals surface area contributed by atoms with Gasteiger partial charge in [0.2, 0.25) is 0 Å². The molecule has 0 aliphatic carbocycles. The van der Waals surface area contributed by atoms with Crippen molar-refractivity contribution in [3.05, 3.63) is 94.8 Å². The predicted molar refractivity (Wildman–Crippen MR) is 119 cm³/mol. The van der Waals surface area contributed by atoms with Gasteiger partial charge < -0.3 is 0 Å². The summed E-state index contributed by atoms with van der Waals surface area (Å²) in [5.41, 5.74) is 5.70. The van der Waals surface area contributed by atoms with Gasteiger partial charge in [0.15, 0.2) is 5.78 Å². The van der Waals surface area contributed by atoms with Crippen molar-refractivity contribution in [1.82, 2.24) is 14.2 Å². The summed E-state index contributed by atoms with van der Waals surface area (Å²) in [5, 5.41) is 5.39. The Bertz CT molecular complexity index is 1490. The molecule has 5 heteroatoms. The predicted octanol–water partition coefficient (Wildman–Crippen LogP) is 4.72. The van der Waals surface area contributed by atoms with E-state index in [0.717, 1.165) is 33.5 Å². The molecule has 2 heterocycles. The number of hydrogen-bond acceptors (Lipinski definition) is 3. The average Bonchev–Trinajstić information content (AvgIpc) is 3.24. The highest BCUT2D eigenvalue weighted by Gasteiger charge is 2.14. The van der Waals surface area contributed by atoms with E-state index in [-0.39, 0.29) is 11.3 Å². The fourth-order valence-electron chi connectivity index (χ4n) is 3.81. The molecule has 0 fully saturated rings. The van der Waals surface area contributed by atoms with Crippen LogP contribution in [0, 0.1) is 0 Å². The topological polar surface area (TPSA) is 56.4 Å². The summed E-state index contributed by atoms with van der Waals surface area (Å²) in [5.74, 6) is 0.0217. The normalized spacial score (nSPS) is 11.3. The van der Waals surface area contributed by atoms with Gasteiger partial charge in [0, 0.05) is 24.2 Å². The lowest BCUT2D eigenvalue weighted by Gasteiger charge is -2.09. The van der Waals surface area contributed by atoms with Gasteiger partial charge in [0.05, 0.1) is 16.6 Å². The van der Waals surface area contributed by atoms with E-state index in [1.807, 2.05) is 77.3 Å². The first-order chi connectivity index (χ1) is 14.5. The van der Waals surface area contributed by atoms with Crippen molar-refractivity contribution in [3.63, 3.8) is 0 Å². The lowest BCUT2D eigenvalue weighted by atomic mass is 10.0. The molecule has 0 bridgehead atoms. The minimum Gasteiger partial charge on any atom is -0.296 e. The molecular weight excluding hydrogens is 374 g/mol. The van der Waals surface area contributed by atoms with Crippen LogP contribution in [0.3, 0.4) is 0 Å². The van der Waals surface area contributed by atoms with E-state index < -0.39 is 0 Å². The molecule has 0 atom stereocenters. The molecule has 0 saturated heterocycles. The number of carbonyl (C=O) groups excluding carboxylic acids is 1. The van der Waals surface area contributed by atoms with Crippen molar-refractivity contribution in [3.8, 4) is 22.4 Å². The fraction of sp³-hybridized carbons (Fsp3) is 0.0800. The number of ketones is 1. The van der Waals surface area contributed by atoms with Crippen molar-refractivity contribution >= 4 is 22.3 Å². The Kier molecular flexibility index (Phi) is 4.10. The first-order valence-electron chi connectivity index (χ1n) is 9.72. The maximum atomic E-state index is 13.0. The van der Waals surface area contributed by atoms with E-state index >= 15 is 0 Å². The summed E-state index contributed by atoms with van der Waals surface area (Å²) in [4.78, 5) is 24.7. The molecule has 30 heavy (non-hydrogen) atoms. The highest BCUT2D eigenvalue weighted by atomic mass is 16.1. The third-order valence-corrected chi connectivity index (χ3v) is 5.47. The van der Waals surface area contributed by atoms with Crippen LogP contribution in [-0.4, -0.2) is 20.0 Å². The number of hydrogen-bond donors (Lipinski definition) is 0. The number of fused-ring (bicyclic) bond motifs is 3. The minimum atomic E-state index is -0.0685. The summed E-state index contributed by atoms with van der Waals surface area (Å²) in [6.07, 6.45) is 0. The van der Waals surface area contributed by atoms with Crippen LogP contribution in [0.1, 0.15) is 17.3 Å². The van der Waals surface area contributed by atoms with Crippen LogP contribution in [0.5, 0.6) is 0 Å². The van der Waals surface area contributed by atoms with Crippen LogP contribution in [0.25, 0.3) is 38.9 Å². The molecule has 0 saturated carbocycles. The first-order valence-corrected chi connectivity index (χ1v) is 9.72. The Balaban J connectivity index is 1.78. The van der Waals surface area contributed by atoms with E-state index in [9.17, 15) is 9.59 Å². The van der Waals surface area contributed by atoms with Crippen LogP contribution in [0.4, 0.5) is 0 Å². The molecule has 0 unspecified atom stereocenters. The maximum absolute atomic E-state index is 13.0. The number of aromatic nitrogens is 3. The minimum absolute atomic E-state index is 0.0217. The summed E-state index contributed by atoms with van der Waals surface area (Å²) in [7, 11) is 1.76. The molecular formula is C25H19N3O2. The van der Waals surface area contributed by atoms with Crippen molar-refractivity contribution in [2.75, 3.05) is 0 Å². The molecule has 0 radical (unpaired) electrons. The molecule has 5 nitrogen and oxygen atoms in total. The standard InChI is InChI=1S/C25H19N3O2/c1-16(29)18-9-6-10-19(13-18)20-11-12-21-23(14-20)28-24(27(2)25(21)30)15-22(26-28)17-7-4-3-5-8-17/h3-15H,1-2H3. The zero-order valence-electron chi connectivity index (χ0n) is 16.7. The van der Waals surface area contributed by atoms with Crippen LogP contribution in [0.15, 0.2) is 83.7 Å². The molecule has 3 aromatic carbocycles. The Hall–Kier alpha value is -3.99. The van der Waals surface area contributed by atoms with E-state index in [1.165, 1.54) is 0 Å². The molecule has 5 aromatic rings. The van der Waals surface area contributed by atoms with Gasteiger partial charge in [-0.05, 0) is 36.2 Å². The number of benzene rings is 3. The zero-order valence-corrected chi connectivity index (χ0v) is 16.7. The van der Waals surface area contributed by atoms with Crippen LogP contribution < -0.4 is 5.56 Å². The van der Waals surface area contributed by atoms with Crippen molar-refractivity contribution in [2.24, 2.45) is 7.05 Å². The van der Waals surface area contributed by atoms with Gasteiger partial charge in [-0.1, -0.05) is 54.6 Å². The maximum Gasteiger partial charge on any atom is 0.261 e. The van der Waals surface area contributed by atoms with Gasteiger partial charge >= 0.3 is 0 Å². The van der Waals surface area contributed by atoms with Crippen molar-refractivity contribution < 1.29 is 4.79 Å². The molecule has 5 rings (SSSR count). The van der Waals surface area contributed by atoms with Gasteiger partial charge in [0.25, 0.3) is 5.56 Å². The largest absolute Gasteiger partial charge is 0.296 e. The SMILES string of the molecule is CC(=O)c1cccc(-c2ccc3c(=O)n(C)c4cc(-c5ccccc5)nn4c3c2)c1. The Morgan fingerprint density at radius 3 is 2.33 bits per heavy atom. The molecule has 0 amide bonds. The molecule has 0 N–H and O–H groups in total. The fourth-order valence-corrected chi connectivity index (χ4v) is 3.81. The second kappa shape index (κ2) is 6.81. The van der Waals surface area contributed by atoms with E-state index in [1.54, 1.807) is 24.6 Å². The molecule has 0 spiro atoms. The molecule has 2 aromatic heterocycles. The lowest BCUT2D eigenvalue weighted by Crippen LogP contribution is -2.19. The van der Waals surface area contributed by atoms with E-state index in [0.29, 0.717) is 10.9 Å². The third-order valence-electron chi connectivity index (χ3n) is 5.47.